The second kappa shape index (κ2) is 6.63. The van der Waals surface area contributed by atoms with Crippen LogP contribution in [0, 0.1) is 20.8 Å². The molecule has 0 unspecified atom stereocenters. The summed E-state index contributed by atoms with van der Waals surface area (Å²) in [5.41, 5.74) is 3.98. The van der Waals surface area contributed by atoms with Gasteiger partial charge in [-0.3, -0.25) is 4.79 Å². The topological polar surface area (TPSA) is 26.3 Å². The van der Waals surface area contributed by atoms with E-state index in [2.05, 4.69) is 15.9 Å². The molecular formula is C17H16BrClO2. The monoisotopic (exact) mass is 366 g/mol. The van der Waals surface area contributed by atoms with Crippen LogP contribution in [0.15, 0.2) is 34.8 Å². The molecule has 0 saturated carbocycles. The van der Waals surface area contributed by atoms with Crippen LogP contribution in [0.1, 0.15) is 27.0 Å². The predicted molar refractivity (Wildman–Crippen MR) is 89.6 cm³/mol. The molecule has 2 aromatic carbocycles. The summed E-state index contributed by atoms with van der Waals surface area (Å²) >= 11 is 9.24. The molecule has 0 amide bonds. The molecule has 0 heterocycles. The van der Waals surface area contributed by atoms with E-state index in [-0.39, 0.29) is 12.4 Å². The third-order valence-corrected chi connectivity index (χ3v) is 4.25. The molecule has 0 atom stereocenters. The van der Waals surface area contributed by atoms with Crippen molar-refractivity contribution in [1.29, 1.82) is 0 Å². The van der Waals surface area contributed by atoms with E-state index in [1.807, 2.05) is 32.9 Å². The molecule has 21 heavy (non-hydrogen) atoms. The summed E-state index contributed by atoms with van der Waals surface area (Å²) in [6.07, 6.45) is 0. The first kappa shape index (κ1) is 16.1. The molecule has 0 fully saturated rings. The average molecular weight is 368 g/mol. The average Bonchev–Trinajstić information content (AvgIpc) is 2.41. The van der Waals surface area contributed by atoms with E-state index in [1.54, 1.807) is 18.2 Å². The lowest BCUT2D eigenvalue weighted by molar-refractivity contribution is 0.0920. The van der Waals surface area contributed by atoms with Gasteiger partial charge < -0.3 is 4.74 Å². The molecule has 0 radical (unpaired) electrons. The number of hydrogen-bond donors (Lipinski definition) is 0. The number of ether oxygens (including phenoxy) is 1. The highest BCUT2D eigenvalue weighted by Crippen LogP contribution is 2.28. The van der Waals surface area contributed by atoms with Crippen molar-refractivity contribution in [2.75, 3.05) is 6.61 Å². The van der Waals surface area contributed by atoms with Gasteiger partial charge in [-0.2, -0.15) is 0 Å². The molecule has 0 saturated heterocycles. The number of Topliss-reactive ketones (excluding diaryl/α,β-unsaturated/α-hetero) is 1. The standard InChI is InChI=1S/C17H16BrClO2/c1-10-6-12(3)14(7-11(10)2)16(20)9-21-17-5-4-13(19)8-15(17)18/h4-8H,9H2,1-3H3. The summed E-state index contributed by atoms with van der Waals surface area (Å²) in [6.45, 7) is 5.99. The van der Waals surface area contributed by atoms with E-state index in [1.165, 1.54) is 5.56 Å². The first-order chi connectivity index (χ1) is 9.88. The van der Waals surface area contributed by atoms with Crippen LogP contribution in [0.4, 0.5) is 0 Å². The van der Waals surface area contributed by atoms with Gasteiger partial charge in [-0.1, -0.05) is 17.7 Å². The molecule has 4 heteroatoms. The zero-order valence-corrected chi connectivity index (χ0v) is 14.5. The molecule has 0 aliphatic heterocycles. The summed E-state index contributed by atoms with van der Waals surface area (Å²) in [4.78, 5) is 12.3. The van der Waals surface area contributed by atoms with Crippen LogP contribution in [-0.4, -0.2) is 12.4 Å². The van der Waals surface area contributed by atoms with Crippen molar-refractivity contribution in [2.24, 2.45) is 0 Å². The molecule has 0 spiro atoms. The fourth-order valence-electron chi connectivity index (χ4n) is 2.07. The molecule has 2 aromatic rings. The zero-order valence-electron chi connectivity index (χ0n) is 12.2. The SMILES string of the molecule is Cc1cc(C)c(C(=O)COc2ccc(Cl)cc2Br)cc1C. The molecule has 0 aliphatic carbocycles. The summed E-state index contributed by atoms with van der Waals surface area (Å²) in [7, 11) is 0. The third-order valence-electron chi connectivity index (χ3n) is 3.39. The molecule has 110 valence electrons. The fourth-order valence-corrected chi connectivity index (χ4v) is 2.87. The first-order valence-electron chi connectivity index (χ1n) is 6.57. The Kier molecular flexibility index (Phi) is 5.07. The van der Waals surface area contributed by atoms with E-state index >= 15 is 0 Å². The van der Waals surface area contributed by atoms with Gasteiger partial charge in [0.25, 0.3) is 0 Å². The van der Waals surface area contributed by atoms with Crippen LogP contribution in [0.3, 0.4) is 0 Å². The second-order valence-corrected chi connectivity index (χ2v) is 6.33. The third kappa shape index (κ3) is 3.86. The van der Waals surface area contributed by atoms with Crippen LogP contribution in [-0.2, 0) is 0 Å². The highest BCUT2D eigenvalue weighted by atomic mass is 79.9. The number of rotatable bonds is 4. The lowest BCUT2D eigenvalue weighted by atomic mass is 9.98. The van der Waals surface area contributed by atoms with Crippen LogP contribution in [0.5, 0.6) is 5.75 Å². The molecule has 0 aliphatic rings. The Bertz CT molecular complexity index is 695. The first-order valence-corrected chi connectivity index (χ1v) is 7.74. The quantitative estimate of drug-likeness (QED) is 0.686. The number of hydrogen-bond acceptors (Lipinski definition) is 2. The number of carbonyl (C=O) groups is 1. The Morgan fingerprint density at radius 2 is 1.76 bits per heavy atom. The zero-order chi connectivity index (χ0) is 15.6. The van der Waals surface area contributed by atoms with E-state index in [9.17, 15) is 4.79 Å². The second-order valence-electron chi connectivity index (χ2n) is 5.04. The summed E-state index contributed by atoms with van der Waals surface area (Å²) in [5, 5.41) is 0.616. The predicted octanol–water partition coefficient (Wildman–Crippen LogP) is 5.29. The number of halogens is 2. The number of benzene rings is 2. The number of aryl methyl sites for hydroxylation is 3. The van der Waals surface area contributed by atoms with Gasteiger partial charge in [-0.15, -0.1) is 0 Å². The van der Waals surface area contributed by atoms with Gasteiger partial charge in [-0.25, -0.2) is 0 Å². The van der Waals surface area contributed by atoms with Crippen molar-refractivity contribution in [3.63, 3.8) is 0 Å². The van der Waals surface area contributed by atoms with E-state index in [0.717, 1.165) is 15.6 Å². The molecule has 0 N–H and O–H groups in total. The van der Waals surface area contributed by atoms with Crippen molar-refractivity contribution < 1.29 is 9.53 Å². The van der Waals surface area contributed by atoms with Crippen molar-refractivity contribution >= 4 is 33.3 Å². The fraction of sp³-hybridized carbons (Fsp3) is 0.235. The maximum atomic E-state index is 12.3. The normalized spacial score (nSPS) is 10.5. The van der Waals surface area contributed by atoms with Crippen LogP contribution >= 0.6 is 27.5 Å². The maximum absolute atomic E-state index is 12.3. The Morgan fingerprint density at radius 1 is 1.10 bits per heavy atom. The van der Waals surface area contributed by atoms with E-state index in [4.69, 9.17) is 16.3 Å². The van der Waals surface area contributed by atoms with Gasteiger partial charge in [0.1, 0.15) is 5.75 Å². The molecular weight excluding hydrogens is 352 g/mol. The van der Waals surface area contributed by atoms with Crippen LogP contribution in [0.25, 0.3) is 0 Å². The lowest BCUT2D eigenvalue weighted by Gasteiger charge is -2.11. The van der Waals surface area contributed by atoms with Crippen molar-refractivity contribution in [3.05, 3.63) is 62.1 Å². The van der Waals surface area contributed by atoms with Gasteiger partial charge in [-0.05, 0) is 77.7 Å². The van der Waals surface area contributed by atoms with Crippen molar-refractivity contribution in [2.45, 2.75) is 20.8 Å². The van der Waals surface area contributed by atoms with E-state index in [0.29, 0.717) is 16.3 Å². The Morgan fingerprint density at radius 3 is 2.43 bits per heavy atom. The minimum Gasteiger partial charge on any atom is -0.484 e. The van der Waals surface area contributed by atoms with Gasteiger partial charge in [0.05, 0.1) is 4.47 Å². The molecule has 2 nitrogen and oxygen atoms in total. The van der Waals surface area contributed by atoms with Gasteiger partial charge in [0.2, 0.25) is 0 Å². The van der Waals surface area contributed by atoms with Gasteiger partial charge in [0.15, 0.2) is 12.4 Å². The Balaban J connectivity index is 2.13. The smallest absolute Gasteiger partial charge is 0.200 e. The molecule has 2 rings (SSSR count). The van der Waals surface area contributed by atoms with Gasteiger partial charge >= 0.3 is 0 Å². The summed E-state index contributed by atoms with van der Waals surface area (Å²) < 4.78 is 6.31. The van der Waals surface area contributed by atoms with Crippen LogP contribution < -0.4 is 4.74 Å². The summed E-state index contributed by atoms with van der Waals surface area (Å²) in [6, 6.07) is 9.16. The lowest BCUT2D eigenvalue weighted by Crippen LogP contribution is -2.13. The summed E-state index contributed by atoms with van der Waals surface area (Å²) in [5.74, 6) is 0.576. The van der Waals surface area contributed by atoms with Crippen molar-refractivity contribution in [3.8, 4) is 5.75 Å². The van der Waals surface area contributed by atoms with Crippen LogP contribution in [0.2, 0.25) is 5.02 Å². The molecule has 0 aromatic heterocycles. The Hall–Kier alpha value is -1.32. The van der Waals surface area contributed by atoms with Gasteiger partial charge in [0, 0.05) is 10.6 Å². The minimum absolute atomic E-state index is 0.00354. The highest BCUT2D eigenvalue weighted by molar-refractivity contribution is 9.10. The minimum atomic E-state index is -0.0301. The largest absolute Gasteiger partial charge is 0.484 e. The van der Waals surface area contributed by atoms with Crippen molar-refractivity contribution in [1.82, 2.24) is 0 Å². The number of ketones is 1. The number of carbonyl (C=O) groups excluding carboxylic acids is 1. The highest BCUT2D eigenvalue weighted by Gasteiger charge is 2.12. The van der Waals surface area contributed by atoms with E-state index < -0.39 is 0 Å². The maximum Gasteiger partial charge on any atom is 0.200 e. The Labute approximate surface area is 138 Å². The molecule has 0 bridgehead atoms.